The van der Waals surface area contributed by atoms with E-state index in [0.29, 0.717) is 6.61 Å². The summed E-state index contributed by atoms with van der Waals surface area (Å²) in [5.41, 5.74) is 0.894. The number of methoxy groups -OCH3 is 1. The van der Waals surface area contributed by atoms with Crippen molar-refractivity contribution in [3.63, 3.8) is 0 Å². The van der Waals surface area contributed by atoms with Crippen molar-refractivity contribution in [3.8, 4) is 5.75 Å². The van der Waals surface area contributed by atoms with Gasteiger partial charge in [-0.1, -0.05) is 0 Å². The molecule has 1 unspecified atom stereocenters. The van der Waals surface area contributed by atoms with Crippen LogP contribution in [0.2, 0.25) is 0 Å². The molecule has 1 aliphatic rings. The highest BCUT2D eigenvalue weighted by atomic mass is 19.1. The number of benzene rings is 1. The standard InChI is InChI=1S/C12H15FN2O2/c1-15(6-9-7-17-8-14-9)10-3-4-11(13)12(5-10)16-2/h3-5,8-9H,6-7H2,1-2H3. The van der Waals surface area contributed by atoms with Crippen molar-refractivity contribution in [2.75, 3.05) is 32.2 Å². The van der Waals surface area contributed by atoms with Gasteiger partial charge < -0.3 is 14.4 Å². The van der Waals surface area contributed by atoms with Gasteiger partial charge in [0.05, 0.1) is 7.11 Å². The molecule has 0 fully saturated rings. The van der Waals surface area contributed by atoms with Crippen LogP contribution in [0.4, 0.5) is 10.1 Å². The van der Waals surface area contributed by atoms with Gasteiger partial charge in [0.25, 0.3) is 0 Å². The van der Waals surface area contributed by atoms with Crippen LogP contribution in [-0.4, -0.2) is 39.8 Å². The number of rotatable bonds is 4. The second kappa shape index (κ2) is 5.03. The first-order chi connectivity index (χ1) is 8.20. The zero-order valence-electron chi connectivity index (χ0n) is 9.89. The van der Waals surface area contributed by atoms with Gasteiger partial charge >= 0.3 is 0 Å². The van der Waals surface area contributed by atoms with Gasteiger partial charge in [0.15, 0.2) is 18.0 Å². The van der Waals surface area contributed by atoms with Gasteiger partial charge in [0.1, 0.15) is 12.6 Å². The quantitative estimate of drug-likeness (QED) is 0.800. The topological polar surface area (TPSA) is 34.1 Å². The predicted molar refractivity (Wildman–Crippen MR) is 64.5 cm³/mol. The summed E-state index contributed by atoms with van der Waals surface area (Å²) in [6.45, 7) is 1.33. The van der Waals surface area contributed by atoms with Gasteiger partial charge in [-0.2, -0.15) is 0 Å². The molecule has 0 N–H and O–H groups in total. The molecule has 2 rings (SSSR count). The molecule has 5 heteroatoms. The summed E-state index contributed by atoms with van der Waals surface area (Å²) >= 11 is 0. The van der Waals surface area contributed by atoms with Crippen molar-refractivity contribution in [2.24, 2.45) is 4.99 Å². The van der Waals surface area contributed by atoms with Crippen molar-refractivity contribution in [1.82, 2.24) is 0 Å². The summed E-state index contributed by atoms with van der Waals surface area (Å²) in [5, 5.41) is 0. The highest BCUT2D eigenvalue weighted by Gasteiger charge is 2.15. The third kappa shape index (κ3) is 2.67. The molecule has 0 aliphatic carbocycles. The van der Waals surface area contributed by atoms with Crippen LogP contribution in [0.25, 0.3) is 0 Å². The van der Waals surface area contributed by atoms with Gasteiger partial charge in [-0.3, -0.25) is 0 Å². The smallest absolute Gasteiger partial charge is 0.169 e. The number of nitrogens with zero attached hydrogens (tertiary/aromatic N) is 2. The molecule has 0 spiro atoms. The minimum Gasteiger partial charge on any atom is -0.494 e. The Morgan fingerprint density at radius 1 is 1.59 bits per heavy atom. The van der Waals surface area contributed by atoms with E-state index in [4.69, 9.17) is 9.47 Å². The zero-order valence-corrected chi connectivity index (χ0v) is 9.89. The number of hydrogen-bond donors (Lipinski definition) is 0. The number of aliphatic imine (C=N–C) groups is 1. The van der Waals surface area contributed by atoms with Gasteiger partial charge in [-0.25, -0.2) is 9.38 Å². The Bertz CT molecular complexity index is 423. The first-order valence-electron chi connectivity index (χ1n) is 5.38. The Kier molecular flexibility index (Phi) is 3.46. The molecule has 0 radical (unpaired) electrons. The molecule has 0 bridgehead atoms. The van der Waals surface area contributed by atoms with E-state index in [9.17, 15) is 4.39 Å². The van der Waals surface area contributed by atoms with E-state index in [1.54, 1.807) is 12.1 Å². The van der Waals surface area contributed by atoms with E-state index in [1.165, 1.54) is 19.6 Å². The predicted octanol–water partition coefficient (Wildman–Crippen LogP) is 1.70. The summed E-state index contributed by atoms with van der Waals surface area (Å²) in [6.07, 6.45) is 1.48. The summed E-state index contributed by atoms with van der Waals surface area (Å²) < 4.78 is 23.3. The van der Waals surface area contributed by atoms with Crippen LogP contribution in [0.15, 0.2) is 23.2 Å². The lowest BCUT2D eigenvalue weighted by atomic mass is 10.2. The fraction of sp³-hybridized carbons (Fsp3) is 0.417. The molecule has 1 aromatic rings. The molecule has 17 heavy (non-hydrogen) atoms. The molecule has 92 valence electrons. The van der Waals surface area contributed by atoms with E-state index in [0.717, 1.165) is 12.2 Å². The van der Waals surface area contributed by atoms with E-state index < -0.39 is 0 Å². The summed E-state index contributed by atoms with van der Waals surface area (Å²) in [5.74, 6) is -0.104. The van der Waals surface area contributed by atoms with Crippen LogP contribution in [-0.2, 0) is 4.74 Å². The summed E-state index contributed by atoms with van der Waals surface area (Å²) in [7, 11) is 3.39. The van der Waals surface area contributed by atoms with Crippen molar-refractivity contribution in [1.29, 1.82) is 0 Å². The van der Waals surface area contributed by atoms with E-state index >= 15 is 0 Å². The van der Waals surface area contributed by atoms with Crippen LogP contribution >= 0.6 is 0 Å². The first-order valence-corrected chi connectivity index (χ1v) is 5.38. The Hall–Kier alpha value is -1.78. The molecule has 1 heterocycles. The molecule has 1 aromatic carbocycles. The van der Waals surface area contributed by atoms with Crippen LogP contribution in [0.5, 0.6) is 5.75 Å². The first kappa shape index (κ1) is 11.7. The number of ether oxygens (including phenoxy) is 2. The Morgan fingerprint density at radius 2 is 2.41 bits per heavy atom. The highest BCUT2D eigenvalue weighted by Crippen LogP contribution is 2.24. The van der Waals surface area contributed by atoms with Crippen LogP contribution in [0.1, 0.15) is 0 Å². The zero-order chi connectivity index (χ0) is 12.3. The minimum atomic E-state index is -0.355. The number of likely N-dealkylation sites (N-methyl/N-ethyl adjacent to an activating group) is 1. The lowest BCUT2D eigenvalue weighted by Crippen LogP contribution is -2.28. The largest absolute Gasteiger partial charge is 0.494 e. The number of hydrogen-bond acceptors (Lipinski definition) is 4. The molecule has 0 saturated carbocycles. The third-order valence-electron chi connectivity index (χ3n) is 2.69. The van der Waals surface area contributed by atoms with Crippen molar-refractivity contribution >= 4 is 12.1 Å². The van der Waals surface area contributed by atoms with Crippen molar-refractivity contribution in [3.05, 3.63) is 24.0 Å². The van der Waals surface area contributed by atoms with Crippen LogP contribution in [0, 0.1) is 5.82 Å². The fourth-order valence-electron chi connectivity index (χ4n) is 1.73. The number of anilines is 1. The molecule has 0 amide bonds. The maximum Gasteiger partial charge on any atom is 0.169 e. The molecule has 0 saturated heterocycles. The monoisotopic (exact) mass is 238 g/mol. The summed E-state index contributed by atoms with van der Waals surface area (Å²) in [4.78, 5) is 6.17. The van der Waals surface area contributed by atoms with Gasteiger partial charge in [-0.05, 0) is 12.1 Å². The fourth-order valence-corrected chi connectivity index (χ4v) is 1.73. The third-order valence-corrected chi connectivity index (χ3v) is 2.69. The number of halogens is 1. The molecule has 1 aliphatic heterocycles. The van der Waals surface area contributed by atoms with Gasteiger partial charge in [0, 0.05) is 25.3 Å². The second-order valence-corrected chi connectivity index (χ2v) is 3.94. The normalized spacial score (nSPS) is 17.9. The van der Waals surface area contributed by atoms with E-state index in [-0.39, 0.29) is 17.6 Å². The maximum atomic E-state index is 13.3. The molecular formula is C12H15FN2O2. The lowest BCUT2D eigenvalue weighted by Gasteiger charge is -2.21. The maximum absolute atomic E-state index is 13.3. The van der Waals surface area contributed by atoms with Crippen LogP contribution < -0.4 is 9.64 Å². The molecular weight excluding hydrogens is 223 g/mol. The van der Waals surface area contributed by atoms with Gasteiger partial charge in [0.2, 0.25) is 0 Å². The van der Waals surface area contributed by atoms with E-state index in [1.807, 2.05) is 11.9 Å². The average Bonchev–Trinajstić information content (AvgIpc) is 2.82. The van der Waals surface area contributed by atoms with Crippen molar-refractivity contribution in [2.45, 2.75) is 6.04 Å². The minimum absolute atomic E-state index is 0.135. The Balaban J connectivity index is 2.07. The Morgan fingerprint density at radius 3 is 3.06 bits per heavy atom. The average molecular weight is 238 g/mol. The Labute approximate surface area is 99.7 Å². The molecule has 0 aromatic heterocycles. The SMILES string of the molecule is COc1cc(N(C)CC2COC=N2)ccc1F. The summed E-state index contributed by atoms with van der Waals surface area (Å²) in [6, 6.07) is 4.93. The molecule has 4 nitrogen and oxygen atoms in total. The van der Waals surface area contributed by atoms with Gasteiger partial charge in [-0.15, -0.1) is 0 Å². The second-order valence-electron chi connectivity index (χ2n) is 3.94. The molecule has 1 atom stereocenters. The van der Waals surface area contributed by atoms with E-state index in [2.05, 4.69) is 4.99 Å². The lowest BCUT2D eigenvalue weighted by molar-refractivity contribution is 0.329. The van der Waals surface area contributed by atoms with Crippen molar-refractivity contribution < 1.29 is 13.9 Å². The highest BCUT2D eigenvalue weighted by molar-refractivity contribution is 5.52. The van der Waals surface area contributed by atoms with Crippen LogP contribution in [0.3, 0.4) is 0 Å².